The van der Waals surface area contributed by atoms with Gasteiger partial charge in [0.25, 0.3) is 0 Å². The molecule has 0 radical (unpaired) electrons. The number of nitrogens with one attached hydrogen (secondary N) is 1. The lowest BCUT2D eigenvalue weighted by molar-refractivity contribution is -0.157. The van der Waals surface area contributed by atoms with Crippen molar-refractivity contribution >= 4 is 0 Å². The van der Waals surface area contributed by atoms with Gasteiger partial charge in [0.05, 0.1) is 5.69 Å². The van der Waals surface area contributed by atoms with E-state index in [0.717, 1.165) is 0 Å². The number of oxazole rings is 1. The van der Waals surface area contributed by atoms with Gasteiger partial charge in [-0.1, -0.05) is 13.8 Å². The van der Waals surface area contributed by atoms with Gasteiger partial charge in [-0.05, 0) is 13.0 Å². The molecule has 0 spiro atoms. The summed E-state index contributed by atoms with van der Waals surface area (Å²) in [5.74, 6) is -0.911. The van der Waals surface area contributed by atoms with Gasteiger partial charge in [-0.3, -0.25) is 0 Å². The molecule has 0 amide bonds. The molecule has 0 saturated heterocycles. The number of hydrogen-bond donors (Lipinski definition) is 1. The molecule has 1 heterocycles. The van der Waals surface area contributed by atoms with Crippen LogP contribution in [0, 0.1) is 0 Å². The number of halogens is 3. The van der Waals surface area contributed by atoms with Crippen LogP contribution in [0.15, 0.2) is 4.42 Å². The van der Waals surface area contributed by atoms with Crippen LogP contribution in [0.5, 0.6) is 0 Å². The molecule has 0 aliphatic carbocycles. The van der Waals surface area contributed by atoms with Crippen LogP contribution < -0.4 is 5.32 Å². The van der Waals surface area contributed by atoms with Crippen molar-refractivity contribution in [1.82, 2.24) is 10.3 Å². The van der Waals surface area contributed by atoms with Crippen LogP contribution in [0.1, 0.15) is 37.1 Å². The largest absolute Gasteiger partial charge is 0.468 e. The summed E-state index contributed by atoms with van der Waals surface area (Å²) in [6.45, 7) is 4.15. The van der Waals surface area contributed by atoms with Crippen molar-refractivity contribution in [1.29, 1.82) is 0 Å². The van der Waals surface area contributed by atoms with Crippen LogP contribution in [0.2, 0.25) is 0 Å². The minimum Gasteiger partial charge on any atom is -0.438 e. The molecule has 1 aromatic rings. The first-order valence-corrected chi connectivity index (χ1v) is 5.07. The van der Waals surface area contributed by atoms with Crippen molar-refractivity contribution in [3.8, 4) is 0 Å². The Bertz CT molecular complexity index is 344. The molecule has 0 aliphatic rings. The number of nitrogens with zero attached hydrogens (tertiary/aromatic N) is 1. The standard InChI is InChI=1S/C10H15F3N2O/c1-6(2)8-7(4-5-14-3)16-9(15-8)10(11,12)13/h6,14H,4-5H2,1-3H3. The summed E-state index contributed by atoms with van der Waals surface area (Å²) in [6.07, 6.45) is -4.10. The van der Waals surface area contributed by atoms with E-state index >= 15 is 0 Å². The summed E-state index contributed by atoms with van der Waals surface area (Å²) in [7, 11) is 1.73. The van der Waals surface area contributed by atoms with E-state index in [9.17, 15) is 13.2 Å². The lowest BCUT2D eigenvalue weighted by Crippen LogP contribution is -2.11. The molecule has 0 saturated carbocycles. The molecule has 92 valence electrons. The van der Waals surface area contributed by atoms with E-state index in [4.69, 9.17) is 4.42 Å². The van der Waals surface area contributed by atoms with E-state index in [2.05, 4.69) is 10.3 Å². The Balaban J connectivity index is 3.00. The Labute approximate surface area is 92.0 Å². The Morgan fingerprint density at radius 3 is 2.44 bits per heavy atom. The second-order valence-corrected chi connectivity index (χ2v) is 3.83. The lowest BCUT2D eigenvalue weighted by Gasteiger charge is -2.02. The van der Waals surface area contributed by atoms with Crippen LogP contribution in [0.4, 0.5) is 13.2 Å². The van der Waals surface area contributed by atoms with Crippen molar-refractivity contribution < 1.29 is 17.6 Å². The van der Waals surface area contributed by atoms with Gasteiger partial charge in [-0.15, -0.1) is 0 Å². The number of aromatic nitrogens is 1. The molecule has 16 heavy (non-hydrogen) atoms. The lowest BCUT2D eigenvalue weighted by atomic mass is 10.1. The fourth-order valence-corrected chi connectivity index (χ4v) is 1.35. The molecule has 0 atom stereocenters. The summed E-state index contributed by atoms with van der Waals surface area (Å²) in [5.41, 5.74) is 0.391. The molecule has 6 heteroatoms. The fourth-order valence-electron chi connectivity index (χ4n) is 1.35. The molecule has 1 aromatic heterocycles. The van der Waals surface area contributed by atoms with Gasteiger partial charge in [-0.2, -0.15) is 13.2 Å². The van der Waals surface area contributed by atoms with E-state index < -0.39 is 12.1 Å². The number of alkyl halides is 3. The monoisotopic (exact) mass is 236 g/mol. The number of likely N-dealkylation sites (N-methyl/N-ethyl adjacent to an activating group) is 1. The highest BCUT2D eigenvalue weighted by molar-refractivity contribution is 5.15. The summed E-state index contributed by atoms with van der Waals surface area (Å²) in [4.78, 5) is 3.51. The van der Waals surface area contributed by atoms with Gasteiger partial charge < -0.3 is 9.73 Å². The summed E-state index contributed by atoms with van der Waals surface area (Å²) in [5, 5.41) is 2.86. The van der Waals surface area contributed by atoms with Crippen LogP contribution in [-0.4, -0.2) is 18.6 Å². The summed E-state index contributed by atoms with van der Waals surface area (Å²) < 4.78 is 42.0. The average molecular weight is 236 g/mol. The van der Waals surface area contributed by atoms with Crippen LogP contribution >= 0.6 is 0 Å². The van der Waals surface area contributed by atoms with Gasteiger partial charge in [0.15, 0.2) is 0 Å². The maximum absolute atomic E-state index is 12.4. The van der Waals surface area contributed by atoms with Gasteiger partial charge in [0, 0.05) is 13.0 Å². The number of hydrogen-bond acceptors (Lipinski definition) is 3. The Hall–Kier alpha value is -1.04. The smallest absolute Gasteiger partial charge is 0.438 e. The predicted molar refractivity (Wildman–Crippen MR) is 53.2 cm³/mol. The SMILES string of the molecule is CNCCc1oc(C(F)(F)F)nc1C(C)C. The van der Waals surface area contributed by atoms with Gasteiger partial charge in [-0.25, -0.2) is 4.98 Å². The van der Waals surface area contributed by atoms with Crippen LogP contribution in [0.25, 0.3) is 0 Å². The van der Waals surface area contributed by atoms with Crippen LogP contribution in [-0.2, 0) is 12.6 Å². The minimum absolute atomic E-state index is 0.0771. The predicted octanol–water partition coefficient (Wildman–Crippen LogP) is 2.58. The second-order valence-electron chi connectivity index (χ2n) is 3.83. The minimum atomic E-state index is -4.51. The summed E-state index contributed by atoms with van der Waals surface area (Å²) in [6, 6.07) is 0. The first-order valence-electron chi connectivity index (χ1n) is 5.07. The average Bonchev–Trinajstić information content (AvgIpc) is 2.57. The van der Waals surface area contributed by atoms with E-state index in [1.54, 1.807) is 20.9 Å². The quantitative estimate of drug-likeness (QED) is 0.873. The van der Waals surface area contributed by atoms with Crippen molar-refractivity contribution in [3.05, 3.63) is 17.3 Å². The van der Waals surface area contributed by atoms with Crippen molar-refractivity contribution in [3.63, 3.8) is 0 Å². The van der Waals surface area contributed by atoms with Gasteiger partial charge >= 0.3 is 12.1 Å². The van der Waals surface area contributed by atoms with Crippen molar-refractivity contribution in [2.45, 2.75) is 32.4 Å². The zero-order valence-corrected chi connectivity index (χ0v) is 9.48. The third-order valence-corrected chi connectivity index (χ3v) is 2.12. The van der Waals surface area contributed by atoms with Gasteiger partial charge in [0.1, 0.15) is 5.76 Å². The molecule has 1 N–H and O–H groups in total. The molecule has 0 aliphatic heterocycles. The molecule has 0 fully saturated rings. The molecule has 0 bridgehead atoms. The maximum Gasteiger partial charge on any atom is 0.468 e. The normalized spacial score (nSPS) is 12.4. The Kier molecular flexibility index (Phi) is 3.96. The third-order valence-electron chi connectivity index (χ3n) is 2.12. The fraction of sp³-hybridized carbons (Fsp3) is 0.700. The highest BCUT2D eigenvalue weighted by atomic mass is 19.4. The van der Waals surface area contributed by atoms with E-state index in [0.29, 0.717) is 24.4 Å². The topological polar surface area (TPSA) is 38.1 Å². The molecule has 1 rings (SSSR count). The molecule has 0 unspecified atom stereocenters. The van der Waals surface area contributed by atoms with E-state index in [-0.39, 0.29) is 5.92 Å². The molecular formula is C10H15F3N2O. The first-order chi connectivity index (χ1) is 7.36. The molecular weight excluding hydrogens is 221 g/mol. The highest BCUT2D eigenvalue weighted by Crippen LogP contribution is 2.32. The highest BCUT2D eigenvalue weighted by Gasteiger charge is 2.38. The Morgan fingerprint density at radius 2 is 2.00 bits per heavy atom. The summed E-state index contributed by atoms with van der Waals surface area (Å²) >= 11 is 0. The zero-order valence-electron chi connectivity index (χ0n) is 9.48. The third kappa shape index (κ3) is 2.98. The second kappa shape index (κ2) is 4.86. The van der Waals surface area contributed by atoms with Gasteiger partial charge in [0.2, 0.25) is 0 Å². The van der Waals surface area contributed by atoms with E-state index in [1.165, 1.54) is 0 Å². The molecule has 0 aromatic carbocycles. The zero-order chi connectivity index (χ0) is 12.3. The Morgan fingerprint density at radius 1 is 1.38 bits per heavy atom. The molecule has 3 nitrogen and oxygen atoms in total. The van der Waals surface area contributed by atoms with Crippen LogP contribution in [0.3, 0.4) is 0 Å². The maximum atomic E-state index is 12.4. The van der Waals surface area contributed by atoms with Crippen molar-refractivity contribution in [2.24, 2.45) is 0 Å². The van der Waals surface area contributed by atoms with Crippen molar-refractivity contribution in [2.75, 3.05) is 13.6 Å². The number of rotatable bonds is 4. The van der Waals surface area contributed by atoms with E-state index in [1.807, 2.05) is 0 Å². The first kappa shape index (κ1) is 13.0.